The largest absolute Gasteiger partial charge is 0.492 e. The zero-order valence-corrected chi connectivity index (χ0v) is 29.1. The van der Waals surface area contributed by atoms with Crippen molar-refractivity contribution in [3.05, 3.63) is 45.6 Å². The second-order valence-electron chi connectivity index (χ2n) is 11.1. The number of hydrogen-bond acceptors (Lipinski definition) is 15. The normalized spacial score (nSPS) is 23.5. The van der Waals surface area contributed by atoms with Crippen LogP contribution in [-0.4, -0.2) is 88.1 Å². The Morgan fingerprint density at radius 2 is 1.54 bits per heavy atom. The Morgan fingerprint density at radius 1 is 0.900 bits per heavy atom. The maximum Gasteiger partial charge on any atom is 0.339 e. The molecule has 1 N–H and O–H groups in total. The van der Waals surface area contributed by atoms with E-state index >= 15 is 0 Å². The summed E-state index contributed by atoms with van der Waals surface area (Å²) in [7, 11) is 3.71. The fourth-order valence-corrected chi connectivity index (χ4v) is 6.47. The molecule has 0 spiro atoms. The van der Waals surface area contributed by atoms with Crippen LogP contribution in [-0.2, 0) is 54.1 Å². The molecule has 2 aromatic carbocycles. The van der Waals surface area contributed by atoms with Crippen LogP contribution in [0, 0.1) is 0 Å². The molecule has 0 saturated carbocycles. The number of esters is 4. The van der Waals surface area contributed by atoms with Gasteiger partial charge in [-0.3, -0.25) is 24.0 Å². The van der Waals surface area contributed by atoms with Gasteiger partial charge in [0.2, 0.25) is 24.1 Å². The van der Waals surface area contributed by atoms with E-state index in [0.29, 0.717) is 27.1 Å². The van der Waals surface area contributed by atoms with E-state index in [1.165, 1.54) is 38.1 Å². The second-order valence-corrected chi connectivity index (χ2v) is 12.0. The van der Waals surface area contributed by atoms with E-state index in [1.807, 2.05) is 0 Å². The Hall–Kier alpha value is -4.83. The lowest BCUT2D eigenvalue weighted by Gasteiger charge is -2.43. The first-order valence-electron chi connectivity index (χ1n) is 16.7. The molecule has 15 nitrogen and oxygen atoms in total. The van der Waals surface area contributed by atoms with Gasteiger partial charge in [0.15, 0.2) is 35.2 Å². The summed E-state index contributed by atoms with van der Waals surface area (Å²) in [6.07, 6.45) is -6.35. The van der Waals surface area contributed by atoms with Crippen molar-refractivity contribution < 1.29 is 66.0 Å². The van der Waals surface area contributed by atoms with E-state index in [-0.39, 0.29) is 35.5 Å². The smallest absolute Gasteiger partial charge is 0.339 e. The van der Waals surface area contributed by atoms with Crippen LogP contribution in [0.25, 0.3) is 11.1 Å². The molecule has 1 aliphatic heterocycles. The Balaban J connectivity index is 1.94. The molecule has 2 aromatic rings. The maximum atomic E-state index is 13.2. The minimum Gasteiger partial charge on any atom is -0.492 e. The van der Waals surface area contributed by atoms with Gasteiger partial charge >= 0.3 is 23.9 Å². The van der Waals surface area contributed by atoms with Gasteiger partial charge in [0, 0.05) is 37.3 Å². The summed E-state index contributed by atoms with van der Waals surface area (Å²) < 4.78 is 67.9. The predicted octanol–water partition coefficient (Wildman–Crippen LogP) is 2.65. The Labute approximate surface area is 296 Å². The molecule has 16 heteroatoms. The fourth-order valence-electron chi connectivity index (χ4n) is 6.01. The standard InChI is InChI=1S/C34H39NO14S/c1-15(36)35-22-11-9-19-13-24(27(42-5)28(43-6)26(19)20-10-12-25(50-8)23(40)14-21(20)22)48-34-32(47-18(4)39)30(46-17(3)38)29(45-16(2)37)31(49-34)33(41)44-7/h10,12-14,22,29-32,34H,9,11H2,1-8H3,(H,35,36)/t22-,29-,30-,31-,32+,34+/m0/s1/i1D3. The zero-order chi connectivity index (χ0) is 39.4. The number of amides is 1. The number of aryl methyl sites for hydroxylation is 1. The molecule has 270 valence electrons. The van der Waals surface area contributed by atoms with E-state index in [9.17, 15) is 28.8 Å². The van der Waals surface area contributed by atoms with Crippen molar-refractivity contribution in [2.24, 2.45) is 0 Å². The van der Waals surface area contributed by atoms with Crippen molar-refractivity contribution in [2.45, 2.75) is 82.1 Å². The summed E-state index contributed by atoms with van der Waals surface area (Å²) in [5, 5.41) is 2.56. The number of methoxy groups -OCH3 is 3. The van der Waals surface area contributed by atoms with Gasteiger partial charge in [-0.2, -0.15) is 0 Å². The number of carbonyl (C=O) groups is 5. The van der Waals surface area contributed by atoms with Crippen LogP contribution in [0.5, 0.6) is 17.2 Å². The first-order valence-corrected chi connectivity index (χ1v) is 16.4. The molecule has 4 rings (SSSR count). The number of benzene rings is 1. The van der Waals surface area contributed by atoms with Gasteiger partial charge in [-0.1, -0.05) is 6.07 Å². The third kappa shape index (κ3) is 8.13. The van der Waals surface area contributed by atoms with E-state index in [1.54, 1.807) is 18.4 Å². The minimum absolute atomic E-state index is 0.0351. The van der Waals surface area contributed by atoms with Gasteiger partial charge in [0.1, 0.15) is 0 Å². The van der Waals surface area contributed by atoms with E-state index in [0.717, 1.165) is 27.9 Å². The first kappa shape index (κ1) is 33.7. The number of ether oxygens (including phenoxy) is 8. The maximum absolute atomic E-state index is 13.2. The topological polar surface area (TPSA) is 188 Å². The van der Waals surface area contributed by atoms with Crippen LogP contribution in [0.3, 0.4) is 0 Å². The zero-order valence-electron chi connectivity index (χ0n) is 31.3. The molecular weight excluding hydrogens is 678 g/mol. The third-order valence-electron chi connectivity index (χ3n) is 7.88. The van der Waals surface area contributed by atoms with E-state index < -0.39 is 73.4 Å². The Kier molecular flexibility index (Phi) is 10.9. The quantitative estimate of drug-likeness (QED) is 0.214. The summed E-state index contributed by atoms with van der Waals surface area (Å²) in [5.41, 5.74) is 1.34. The number of fused-ring (bicyclic) bond motifs is 3. The van der Waals surface area contributed by atoms with Crippen molar-refractivity contribution in [1.29, 1.82) is 0 Å². The molecule has 2 aliphatic rings. The molecule has 0 radical (unpaired) electrons. The first-order chi connectivity index (χ1) is 24.9. The molecule has 1 fully saturated rings. The lowest BCUT2D eigenvalue weighted by molar-refractivity contribution is -0.282. The van der Waals surface area contributed by atoms with Crippen molar-refractivity contribution in [3.8, 4) is 28.4 Å². The van der Waals surface area contributed by atoms with Crippen molar-refractivity contribution >= 4 is 41.5 Å². The van der Waals surface area contributed by atoms with Gasteiger partial charge in [-0.05, 0) is 54.0 Å². The van der Waals surface area contributed by atoms with Gasteiger partial charge < -0.3 is 43.2 Å². The van der Waals surface area contributed by atoms with Crippen LogP contribution in [0.15, 0.2) is 34.0 Å². The van der Waals surface area contributed by atoms with Gasteiger partial charge in [-0.25, -0.2) is 4.79 Å². The second kappa shape index (κ2) is 16.3. The molecule has 1 saturated heterocycles. The Bertz CT molecular complexity index is 1840. The number of nitrogens with one attached hydrogen (secondary N) is 1. The molecule has 1 heterocycles. The molecular formula is C34H39NO14S. The summed E-state index contributed by atoms with van der Waals surface area (Å²) in [6, 6.07) is 5.21. The van der Waals surface area contributed by atoms with Crippen LogP contribution >= 0.6 is 11.8 Å². The predicted molar refractivity (Wildman–Crippen MR) is 176 cm³/mol. The summed E-state index contributed by atoms with van der Waals surface area (Å²) in [6.45, 7) is 0.197. The number of hydrogen-bond donors (Lipinski definition) is 1. The van der Waals surface area contributed by atoms with Gasteiger partial charge in [-0.15, -0.1) is 11.8 Å². The minimum atomic E-state index is -2.97. The molecule has 1 aliphatic carbocycles. The van der Waals surface area contributed by atoms with Gasteiger partial charge in [0.05, 0.1) is 32.3 Å². The Morgan fingerprint density at radius 3 is 2.12 bits per heavy atom. The van der Waals surface area contributed by atoms with Crippen molar-refractivity contribution in [3.63, 3.8) is 0 Å². The van der Waals surface area contributed by atoms with E-state index in [2.05, 4.69) is 5.32 Å². The highest BCUT2D eigenvalue weighted by molar-refractivity contribution is 7.98. The molecule has 6 atom stereocenters. The molecule has 50 heavy (non-hydrogen) atoms. The fraction of sp³-hybridized carbons (Fsp3) is 0.471. The van der Waals surface area contributed by atoms with Gasteiger partial charge in [0.25, 0.3) is 0 Å². The molecule has 0 unspecified atom stereocenters. The lowest BCUT2D eigenvalue weighted by atomic mass is 9.95. The van der Waals surface area contributed by atoms with Crippen LogP contribution in [0.2, 0.25) is 0 Å². The van der Waals surface area contributed by atoms with Crippen LogP contribution in [0.4, 0.5) is 0 Å². The monoisotopic (exact) mass is 720 g/mol. The average molecular weight is 721 g/mol. The van der Waals surface area contributed by atoms with Crippen molar-refractivity contribution in [1.82, 2.24) is 5.32 Å². The molecule has 0 aromatic heterocycles. The number of thioether (sulfide) groups is 1. The summed E-state index contributed by atoms with van der Waals surface area (Å²) in [5.74, 6) is -4.90. The molecule has 1 amide bonds. The molecule has 0 bridgehead atoms. The highest BCUT2D eigenvalue weighted by Crippen LogP contribution is 2.51. The van der Waals surface area contributed by atoms with E-state index in [4.69, 9.17) is 42.0 Å². The highest BCUT2D eigenvalue weighted by atomic mass is 32.2. The van der Waals surface area contributed by atoms with Crippen LogP contribution < -0.4 is 25.0 Å². The summed E-state index contributed by atoms with van der Waals surface area (Å²) in [4.78, 5) is 76.1. The highest BCUT2D eigenvalue weighted by Gasteiger charge is 2.56. The third-order valence-corrected chi connectivity index (χ3v) is 8.66. The van der Waals surface area contributed by atoms with Crippen LogP contribution in [0.1, 0.15) is 55.3 Å². The van der Waals surface area contributed by atoms with Crippen molar-refractivity contribution in [2.75, 3.05) is 27.6 Å². The lowest BCUT2D eigenvalue weighted by Crippen LogP contribution is -2.64. The number of rotatable bonds is 10. The summed E-state index contributed by atoms with van der Waals surface area (Å²) >= 11 is 1.20. The number of carbonyl (C=O) groups excluding carboxylic acids is 5. The average Bonchev–Trinajstić information content (AvgIpc) is 3.32. The SMILES string of the molecule is [2H]C([2H])([2H])C(=O)N[C@H]1CCc2cc(O[C@@H]3O[C@H](C(=O)OC)[C@@H](OC(C)=O)[C@H](OC(C)=O)[C@H]3OC(C)=O)c(OC)c(OC)c2-c2ccc(SC)c(=O)cc21.